The lowest BCUT2D eigenvalue weighted by Crippen LogP contribution is -2.49. The van der Waals surface area contributed by atoms with Gasteiger partial charge in [-0.3, -0.25) is 9.59 Å². The van der Waals surface area contributed by atoms with E-state index in [1.807, 2.05) is 18.7 Å². The van der Waals surface area contributed by atoms with Gasteiger partial charge in [0.15, 0.2) is 0 Å². The summed E-state index contributed by atoms with van der Waals surface area (Å²) in [5.74, 6) is 1.11. The molecule has 0 aromatic carbocycles. The highest BCUT2D eigenvalue weighted by molar-refractivity contribution is 5.79. The lowest BCUT2D eigenvalue weighted by atomic mass is 9.92. The van der Waals surface area contributed by atoms with Gasteiger partial charge >= 0.3 is 0 Å². The third-order valence-corrected chi connectivity index (χ3v) is 3.83. The van der Waals surface area contributed by atoms with Gasteiger partial charge in [-0.2, -0.15) is 0 Å². The Labute approximate surface area is 122 Å². The summed E-state index contributed by atoms with van der Waals surface area (Å²) in [6.45, 7) is 7.96. The molecule has 1 fully saturated rings. The fraction of sp³-hybridized carbons (Fsp3) is 0.867. The summed E-state index contributed by atoms with van der Waals surface area (Å²) in [7, 11) is 0. The molecule has 1 aliphatic rings. The van der Waals surface area contributed by atoms with Crippen molar-refractivity contribution in [2.24, 2.45) is 17.6 Å². The molecule has 5 nitrogen and oxygen atoms in total. The van der Waals surface area contributed by atoms with Crippen molar-refractivity contribution >= 4 is 11.8 Å². The first-order valence-electron chi connectivity index (χ1n) is 7.70. The summed E-state index contributed by atoms with van der Waals surface area (Å²) in [5.41, 5.74) is 5.76. The number of carbonyl (C=O) groups is 2. The van der Waals surface area contributed by atoms with Crippen molar-refractivity contribution < 1.29 is 9.59 Å². The zero-order valence-corrected chi connectivity index (χ0v) is 13.0. The largest absolute Gasteiger partial charge is 0.356 e. The Morgan fingerprint density at radius 1 is 1.40 bits per heavy atom. The van der Waals surface area contributed by atoms with Crippen LogP contribution in [0.3, 0.4) is 0 Å². The van der Waals surface area contributed by atoms with Crippen LogP contribution in [-0.2, 0) is 9.59 Å². The van der Waals surface area contributed by atoms with Crippen molar-refractivity contribution in [2.45, 2.75) is 52.5 Å². The van der Waals surface area contributed by atoms with E-state index in [2.05, 4.69) is 12.2 Å². The molecule has 1 saturated heterocycles. The van der Waals surface area contributed by atoms with E-state index in [9.17, 15) is 9.59 Å². The molecule has 5 heteroatoms. The summed E-state index contributed by atoms with van der Waals surface area (Å²) in [4.78, 5) is 25.6. The molecule has 2 amide bonds. The average molecular weight is 283 g/mol. The van der Waals surface area contributed by atoms with Gasteiger partial charge in [-0.25, -0.2) is 0 Å². The second-order valence-electron chi connectivity index (χ2n) is 6.30. The van der Waals surface area contributed by atoms with E-state index in [1.54, 1.807) is 0 Å². The average Bonchev–Trinajstić information content (AvgIpc) is 2.37. The van der Waals surface area contributed by atoms with Crippen LogP contribution in [0.25, 0.3) is 0 Å². The molecule has 0 aromatic heterocycles. The first-order valence-corrected chi connectivity index (χ1v) is 7.70. The highest BCUT2D eigenvalue weighted by Gasteiger charge is 2.28. The standard InChI is InChI=1S/C15H29N3O2/c1-11(2)8-14(19)17-6-4-15(20)18-7-5-12(3)9-13(18)10-16/h11-13H,4-10,16H2,1-3H3,(H,17,19). The van der Waals surface area contributed by atoms with Gasteiger partial charge in [0.2, 0.25) is 11.8 Å². The van der Waals surface area contributed by atoms with Gasteiger partial charge in [-0.05, 0) is 24.7 Å². The number of hydrogen-bond donors (Lipinski definition) is 2. The van der Waals surface area contributed by atoms with Crippen LogP contribution in [0, 0.1) is 11.8 Å². The number of carbonyl (C=O) groups excluding carboxylic acids is 2. The second-order valence-corrected chi connectivity index (χ2v) is 6.30. The van der Waals surface area contributed by atoms with Gasteiger partial charge in [0, 0.05) is 38.5 Å². The Balaban J connectivity index is 2.33. The van der Waals surface area contributed by atoms with E-state index in [4.69, 9.17) is 5.73 Å². The first-order chi connectivity index (χ1) is 9.43. The van der Waals surface area contributed by atoms with E-state index < -0.39 is 0 Å². The molecule has 2 unspecified atom stereocenters. The van der Waals surface area contributed by atoms with Crippen LogP contribution in [0.1, 0.15) is 46.5 Å². The molecule has 3 N–H and O–H groups in total. The summed E-state index contributed by atoms with van der Waals surface area (Å²) >= 11 is 0. The molecule has 116 valence electrons. The number of nitrogens with one attached hydrogen (secondary N) is 1. The minimum Gasteiger partial charge on any atom is -0.356 e. The molecule has 1 rings (SSSR count). The zero-order valence-electron chi connectivity index (χ0n) is 13.0. The van der Waals surface area contributed by atoms with Gasteiger partial charge in [0.1, 0.15) is 0 Å². The molecule has 0 spiro atoms. The van der Waals surface area contributed by atoms with Gasteiger partial charge < -0.3 is 16.0 Å². The van der Waals surface area contributed by atoms with E-state index in [-0.39, 0.29) is 17.9 Å². The van der Waals surface area contributed by atoms with E-state index in [0.717, 1.165) is 19.4 Å². The van der Waals surface area contributed by atoms with Crippen molar-refractivity contribution in [3.05, 3.63) is 0 Å². The maximum atomic E-state index is 12.2. The lowest BCUT2D eigenvalue weighted by Gasteiger charge is -2.38. The SMILES string of the molecule is CC(C)CC(=O)NCCC(=O)N1CCC(C)CC1CN. The van der Waals surface area contributed by atoms with Gasteiger partial charge in [0.25, 0.3) is 0 Å². The molecule has 1 heterocycles. The predicted molar refractivity (Wildman–Crippen MR) is 80.0 cm³/mol. The minimum atomic E-state index is 0.0236. The first kappa shape index (κ1) is 17.0. The van der Waals surface area contributed by atoms with Crippen molar-refractivity contribution in [3.8, 4) is 0 Å². The zero-order chi connectivity index (χ0) is 15.1. The van der Waals surface area contributed by atoms with Crippen LogP contribution in [0.4, 0.5) is 0 Å². The van der Waals surface area contributed by atoms with Gasteiger partial charge in [-0.1, -0.05) is 20.8 Å². The minimum absolute atomic E-state index is 0.0236. The van der Waals surface area contributed by atoms with Crippen LogP contribution in [0.15, 0.2) is 0 Å². The van der Waals surface area contributed by atoms with E-state index >= 15 is 0 Å². The van der Waals surface area contributed by atoms with E-state index in [1.165, 1.54) is 0 Å². The van der Waals surface area contributed by atoms with Crippen LogP contribution >= 0.6 is 0 Å². The van der Waals surface area contributed by atoms with Crippen LogP contribution < -0.4 is 11.1 Å². The Bertz CT molecular complexity index is 331. The Hall–Kier alpha value is -1.10. The fourth-order valence-electron chi connectivity index (χ4n) is 2.70. The van der Waals surface area contributed by atoms with Crippen LogP contribution in [-0.4, -0.2) is 42.4 Å². The van der Waals surface area contributed by atoms with Crippen molar-refractivity contribution in [2.75, 3.05) is 19.6 Å². The lowest BCUT2D eigenvalue weighted by molar-refractivity contribution is -0.135. The predicted octanol–water partition coefficient (Wildman–Crippen LogP) is 1.12. The second kappa shape index (κ2) is 8.25. The molecule has 0 saturated carbocycles. The molecular weight excluding hydrogens is 254 g/mol. The Kier molecular flexibility index (Phi) is 6.99. The molecule has 0 radical (unpaired) electrons. The highest BCUT2D eigenvalue weighted by atomic mass is 16.2. The van der Waals surface area contributed by atoms with Crippen molar-refractivity contribution in [1.82, 2.24) is 10.2 Å². The Morgan fingerprint density at radius 2 is 2.10 bits per heavy atom. The van der Waals surface area contributed by atoms with Gasteiger partial charge in [-0.15, -0.1) is 0 Å². The monoisotopic (exact) mass is 283 g/mol. The molecular formula is C15H29N3O2. The Morgan fingerprint density at radius 3 is 2.70 bits per heavy atom. The quantitative estimate of drug-likeness (QED) is 0.767. The number of nitrogens with two attached hydrogens (primary N) is 1. The topological polar surface area (TPSA) is 75.4 Å². The molecule has 0 aromatic rings. The third-order valence-electron chi connectivity index (χ3n) is 3.83. The summed E-state index contributed by atoms with van der Waals surface area (Å²) in [6.07, 6.45) is 2.92. The number of piperidine rings is 1. The van der Waals surface area contributed by atoms with Crippen molar-refractivity contribution in [3.63, 3.8) is 0 Å². The number of amides is 2. The highest BCUT2D eigenvalue weighted by Crippen LogP contribution is 2.22. The van der Waals surface area contributed by atoms with Crippen LogP contribution in [0.5, 0.6) is 0 Å². The maximum Gasteiger partial charge on any atom is 0.224 e. The normalized spacial score (nSPS) is 22.9. The van der Waals surface area contributed by atoms with Crippen LogP contribution in [0.2, 0.25) is 0 Å². The smallest absolute Gasteiger partial charge is 0.224 e. The number of hydrogen-bond acceptors (Lipinski definition) is 3. The summed E-state index contributed by atoms with van der Waals surface area (Å²) in [6, 6.07) is 0.164. The third kappa shape index (κ3) is 5.49. The number of nitrogens with zero attached hydrogens (tertiary/aromatic N) is 1. The van der Waals surface area contributed by atoms with Gasteiger partial charge in [0.05, 0.1) is 0 Å². The fourth-order valence-corrected chi connectivity index (χ4v) is 2.70. The molecule has 20 heavy (non-hydrogen) atoms. The van der Waals surface area contributed by atoms with E-state index in [0.29, 0.717) is 37.8 Å². The summed E-state index contributed by atoms with van der Waals surface area (Å²) in [5, 5.41) is 2.81. The molecule has 0 aliphatic carbocycles. The molecule has 2 atom stereocenters. The number of likely N-dealkylation sites (tertiary alicyclic amines) is 1. The number of rotatable bonds is 6. The van der Waals surface area contributed by atoms with Crippen molar-refractivity contribution in [1.29, 1.82) is 0 Å². The molecule has 1 aliphatic heterocycles. The maximum absolute atomic E-state index is 12.2. The molecule has 0 bridgehead atoms. The summed E-state index contributed by atoms with van der Waals surface area (Å²) < 4.78 is 0.